The van der Waals surface area contributed by atoms with Gasteiger partial charge in [0.1, 0.15) is 0 Å². The maximum Gasteiger partial charge on any atom is 0.00822 e. The molecule has 0 radical (unpaired) electrons. The van der Waals surface area contributed by atoms with Crippen molar-refractivity contribution in [3.63, 3.8) is 0 Å². The predicted molar refractivity (Wildman–Crippen MR) is 139 cm³/mol. The van der Waals surface area contributed by atoms with Crippen LogP contribution in [0.1, 0.15) is 0 Å². The largest absolute Gasteiger partial charge is 0.315 e. The minimum Gasteiger partial charge on any atom is -0.315 e. The van der Waals surface area contributed by atoms with Gasteiger partial charge >= 0.3 is 0 Å². The number of rotatable bonds is 6. The lowest BCUT2D eigenvalue weighted by Crippen LogP contribution is -2.34. The molecule has 5 rings (SSSR count). The molecule has 1 aliphatic heterocycles. The maximum absolute atomic E-state index is 3.79. The molecule has 1 saturated heterocycles. The standard InChI is InChI=1S/C28H27NP2/c1-5-13-23(14-6-1)30(24-15-7-2-8-16-24)27-21-29-22-28(27)31(25-17-9-3-10-18-25)26-19-11-4-12-20-26/h1-20,27-29H,21-22H2/t27-,28+. The van der Waals surface area contributed by atoms with Crippen LogP contribution in [0.25, 0.3) is 0 Å². The SMILES string of the molecule is c1ccc(P(c2ccccc2)[C@@H]2CNC[C@@H]2P(c2ccccc2)c2ccccc2)cc1. The Morgan fingerprint density at radius 2 is 0.677 bits per heavy atom. The number of hydrogen-bond acceptors (Lipinski definition) is 1. The van der Waals surface area contributed by atoms with E-state index in [1.807, 2.05) is 0 Å². The molecular formula is C28H27NP2. The molecule has 0 bridgehead atoms. The molecule has 0 amide bonds. The summed E-state index contributed by atoms with van der Waals surface area (Å²) in [5, 5.41) is 9.73. The summed E-state index contributed by atoms with van der Waals surface area (Å²) >= 11 is 0. The van der Waals surface area contributed by atoms with Crippen LogP contribution in [0.4, 0.5) is 0 Å². The summed E-state index contributed by atoms with van der Waals surface area (Å²) in [4.78, 5) is 0. The van der Waals surface area contributed by atoms with Crippen molar-refractivity contribution in [3.05, 3.63) is 121 Å². The second kappa shape index (κ2) is 9.88. The van der Waals surface area contributed by atoms with E-state index in [0.717, 1.165) is 13.1 Å². The molecule has 1 fully saturated rings. The molecule has 1 N–H and O–H groups in total. The van der Waals surface area contributed by atoms with Crippen LogP contribution < -0.4 is 26.5 Å². The Morgan fingerprint density at radius 1 is 0.419 bits per heavy atom. The summed E-state index contributed by atoms with van der Waals surface area (Å²) in [5.74, 6) is 0. The molecule has 2 atom stereocenters. The molecule has 0 saturated carbocycles. The summed E-state index contributed by atoms with van der Waals surface area (Å²) in [6.07, 6.45) is 0. The first kappa shape index (κ1) is 20.6. The van der Waals surface area contributed by atoms with Crippen molar-refractivity contribution >= 4 is 37.1 Å². The molecule has 154 valence electrons. The molecule has 0 spiro atoms. The van der Waals surface area contributed by atoms with E-state index < -0.39 is 15.8 Å². The van der Waals surface area contributed by atoms with Gasteiger partial charge in [-0.3, -0.25) is 0 Å². The Bertz CT molecular complexity index is 903. The highest BCUT2D eigenvalue weighted by atomic mass is 31.1. The third kappa shape index (κ3) is 4.51. The van der Waals surface area contributed by atoms with Gasteiger partial charge in [0.25, 0.3) is 0 Å². The van der Waals surface area contributed by atoms with Crippen molar-refractivity contribution in [2.75, 3.05) is 13.1 Å². The van der Waals surface area contributed by atoms with Crippen LogP contribution in [-0.2, 0) is 0 Å². The summed E-state index contributed by atoms with van der Waals surface area (Å²) in [7, 11) is -0.902. The van der Waals surface area contributed by atoms with Crippen molar-refractivity contribution in [1.82, 2.24) is 5.32 Å². The zero-order valence-electron chi connectivity index (χ0n) is 17.5. The molecule has 1 aliphatic rings. The van der Waals surface area contributed by atoms with E-state index in [0.29, 0.717) is 11.3 Å². The molecule has 0 unspecified atom stereocenters. The van der Waals surface area contributed by atoms with Gasteiger partial charge in [-0.25, -0.2) is 0 Å². The van der Waals surface area contributed by atoms with Crippen LogP contribution in [0, 0.1) is 0 Å². The fourth-order valence-corrected chi connectivity index (χ4v) is 11.0. The summed E-state index contributed by atoms with van der Waals surface area (Å²) in [5.41, 5.74) is 1.21. The molecular weight excluding hydrogens is 412 g/mol. The predicted octanol–water partition coefficient (Wildman–Crippen LogP) is 4.59. The van der Waals surface area contributed by atoms with E-state index >= 15 is 0 Å². The second-order valence-corrected chi connectivity index (χ2v) is 12.7. The second-order valence-electron chi connectivity index (χ2n) is 7.88. The third-order valence-electron chi connectivity index (χ3n) is 5.95. The van der Waals surface area contributed by atoms with E-state index in [1.165, 1.54) is 21.2 Å². The average Bonchev–Trinajstić information content (AvgIpc) is 3.31. The lowest BCUT2D eigenvalue weighted by Gasteiger charge is -2.34. The molecule has 31 heavy (non-hydrogen) atoms. The van der Waals surface area contributed by atoms with Crippen molar-refractivity contribution in [2.45, 2.75) is 11.3 Å². The van der Waals surface area contributed by atoms with Crippen molar-refractivity contribution in [3.8, 4) is 0 Å². The van der Waals surface area contributed by atoms with Gasteiger partial charge in [-0.1, -0.05) is 121 Å². The Hall–Kier alpha value is -2.30. The van der Waals surface area contributed by atoms with Gasteiger partial charge in [-0.05, 0) is 37.1 Å². The molecule has 4 aromatic carbocycles. The summed E-state index contributed by atoms with van der Waals surface area (Å²) < 4.78 is 0. The van der Waals surface area contributed by atoms with Crippen LogP contribution in [0.15, 0.2) is 121 Å². The minimum atomic E-state index is -0.451. The Kier molecular flexibility index (Phi) is 6.57. The topological polar surface area (TPSA) is 12.0 Å². The smallest absolute Gasteiger partial charge is 0.00822 e. The first-order valence-electron chi connectivity index (χ1n) is 10.9. The van der Waals surface area contributed by atoms with Crippen molar-refractivity contribution in [1.29, 1.82) is 0 Å². The molecule has 0 aromatic heterocycles. The quantitative estimate of drug-likeness (QED) is 0.434. The third-order valence-corrected chi connectivity index (χ3v) is 12.0. The van der Waals surface area contributed by atoms with Crippen molar-refractivity contribution < 1.29 is 0 Å². The molecule has 0 aliphatic carbocycles. The van der Waals surface area contributed by atoms with Crippen LogP contribution in [0.2, 0.25) is 0 Å². The normalized spacial score (nSPS) is 18.5. The van der Waals surface area contributed by atoms with Gasteiger partial charge in [-0.2, -0.15) is 0 Å². The highest BCUT2D eigenvalue weighted by molar-refractivity contribution is 7.77. The Labute approximate surface area is 188 Å². The monoisotopic (exact) mass is 439 g/mol. The lowest BCUT2D eigenvalue weighted by atomic mass is 10.3. The number of benzene rings is 4. The van der Waals surface area contributed by atoms with E-state index in [2.05, 4.69) is 127 Å². The minimum absolute atomic E-state index is 0.451. The van der Waals surface area contributed by atoms with Crippen LogP contribution in [-0.4, -0.2) is 24.4 Å². The molecule has 1 heterocycles. The highest BCUT2D eigenvalue weighted by Crippen LogP contribution is 2.52. The van der Waals surface area contributed by atoms with Crippen LogP contribution >= 0.6 is 15.8 Å². The molecule has 1 nitrogen and oxygen atoms in total. The van der Waals surface area contributed by atoms with Crippen LogP contribution in [0.5, 0.6) is 0 Å². The zero-order valence-corrected chi connectivity index (χ0v) is 19.3. The Balaban J connectivity index is 1.60. The van der Waals surface area contributed by atoms with E-state index in [1.54, 1.807) is 0 Å². The lowest BCUT2D eigenvalue weighted by molar-refractivity contribution is 0.859. The van der Waals surface area contributed by atoms with Gasteiger partial charge in [0.05, 0.1) is 0 Å². The van der Waals surface area contributed by atoms with Gasteiger partial charge in [-0.15, -0.1) is 0 Å². The number of hydrogen-bond donors (Lipinski definition) is 1. The van der Waals surface area contributed by atoms with Crippen LogP contribution in [0.3, 0.4) is 0 Å². The van der Waals surface area contributed by atoms with Gasteiger partial charge in [0, 0.05) is 24.4 Å². The average molecular weight is 439 g/mol. The highest BCUT2D eigenvalue weighted by Gasteiger charge is 2.40. The van der Waals surface area contributed by atoms with Gasteiger partial charge in [0.2, 0.25) is 0 Å². The van der Waals surface area contributed by atoms with E-state index in [-0.39, 0.29) is 0 Å². The molecule has 4 aromatic rings. The first-order valence-corrected chi connectivity index (χ1v) is 13.7. The maximum atomic E-state index is 3.79. The zero-order chi connectivity index (χ0) is 20.9. The van der Waals surface area contributed by atoms with Gasteiger partial charge in [0.15, 0.2) is 0 Å². The Morgan fingerprint density at radius 3 is 0.935 bits per heavy atom. The first-order chi connectivity index (χ1) is 15.4. The molecule has 3 heteroatoms. The fraction of sp³-hybridized carbons (Fsp3) is 0.143. The van der Waals surface area contributed by atoms with Crippen molar-refractivity contribution in [2.24, 2.45) is 0 Å². The van der Waals surface area contributed by atoms with E-state index in [4.69, 9.17) is 0 Å². The summed E-state index contributed by atoms with van der Waals surface area (Å²) in [6, 6.07) is 44.8. The number of nitrogens with one attached hydrogen (secondary N) is 1. The fourth-order valence-electron chi connectivity index (χ4n) is 4.60. The van der Waals surface area contributed by atoms with E-state index in [9.17, 15) is 0 Å². The van der Waals surface area contributed by atoms with Gasteiger partial charge < -0.3 is 5.32 Å². The summed E-state index contributed by atoms with van der Waals surface area (Å²) in [6.45, 7) is 2.16.